The number of carbonyl (C=O) groups is 1. The van der Waals surface area contributed by atoms with Gasteiger partial charge in [-0.05, 0) is 46.7 Å². The standard InChI is InChI=1S/C12H15BrN2OS/c13-11-3-8(6-17-11)12(16)15-4-7-1-2-10(14)9(7)5-15/h3,6-7,9-10H,1-2,4-5,14H2. The van der Waals surface area contributed by atoms with Crippen LogP contribution in [-0.2, 0) is 0 Å². The van der Waals surface area contributed by atoms with Gasteiger partial charge >= 0.3 is 0 Å². The van der Waals surface area contributed by atoms with Gasteiger partial charge in [0, 0.05) is 24.5 Å². The number of halogens is 1. The topological polar surface area (TPSA) is 46.3 Å². The van der Waals surface area contributed by atoms with Crippen LogP contribution in [-0.4, -0.2) is 29.9 Å². The Morgan fingerprint density at radius 1 is 1.47 bits per heavy atom. The summed E-state index contributed by atoms with van der Waals surface area (Å²) < 4.78 is 1.01. The van der Waals surface area contributed by atoms with Gasteiger partial charge in [-0.3, -0.25) is 4.79 Å². The summed E-state index contributed by atoms with van der Waals surface area (Å²) >= 11 is 4.95. The minimum absolute atomic E-state index is 0.161. The van der Waals surface area contributed by atoms with Crippen LogP contribution in [0.15, 0.2) is 15.2 Å². The Morgan fingerprint density at radius 3 is 2.94 bits per heavy atom. The Kier molecular flexibility index (Phi) is 3.00. The number of thiophene rings is 1. The SMILES string of the molecule is NC1CCC2CN(C(=O)c3csc(Br)c3)CC12. The molecule has 1 saturated heterocycles. The molecule has 3 rings (SSSR count). The maximum atomic E-state index is 12.3. The number of nitrogens with zero attached hydrogens (tertiary/aromatic N) is 1. The van der Waals surface area contributed by atoms with E-state index in [-0.39, 0.29) is 5.91 Å². The van der Waals surface area contributed by atoms with E-state index in [0.717, 1.165) is 28.9 Å². The highest BCUT2D eigenvalue weighted by atomic mass is 79.9. The van der Waals surface area contributed by atoms with E-state index in [1.165, 1.54) is 6.42 Å². The predicted molar refractivity (Wildman–Crippen MR) is 72.1 cm³/mol. The first-order valence-electron chi connectivity index (χ1n) is 5.94. The number of amides is 1. The summed E-state index contributed by atoms with van der Waals surface area (Å²) in [4.78, 5) is 14.2. The second kappa shape index (κ2) is 4.37. The van der Waals surface area contributed by atoms with Crippen LogP contribution >= 0.6 is 27.3 Å². The Morgan fingerprint density at radius 2 is 2.29 bits per heavy atom. The number of hydrogen-bond donors (Lipinski definition) is 1. The van der Waals surface area contributed by atoms with Crippen molar-refractivity contribution < 1.29 is 4.79 Å². The molecule has 17 heavy (non-hydrogen) atoms. The molecule has 2 fully saturated rings. The third-order valence-electron chi connectivity index (χ3n) is 4.01. The van der Waals surface area contributed by atoms with Crippen molar-refractivity contribution in [2.75, 3.05) is 13.1 Å². The van der Waals surface area contributed by atoms with Crippen LogP contribution in [0.25, 0.3) is 0 Å². The van der Waals surface area contributed by atoms with Crippen molar-refractivity contribution in [2.24, 2.45) is 17.6 Å². The van der Waals surface area contributed by atoms with Gasteiger partial charge in [0.2, 0.25) is 0 Å². The van der Waals surface area contributed by atoms with Crippen molar-refractivity contribution in [2.45, 2.75) is 18.9 Å². The van der Waals surface area contributed by atoms with E-state index < -0.39 is 0 Å². The molecule has 1 aliphatic heterocycles. The summed E-state index contributed by atoms with van der Waals surface area (Å²) in [6.07, 6.45) is 2.31. The Labute approximate surface area is 113 Å². The smallest absolute Gasteiger partial charge is 0.254 e. The van der Waals surface area contributed by atoms with Gasteiger partial charge in [0.15, 0.2) is 0 Å². The lowest BCUT2D eigenvalue weighted by atomic mass is 9.98. The third-order valence-corrected chi connectivity index (χ3v) is 5.52. The van der Waals surface area contributed by atoms with Crippen LogP contribution in [0.4, 0.5) is 0 Å². The van der Waals surface area contributed by atoms with Gasteiger partial charge in [-0.2, -0.15) is 0 Å². The number of carbonyl (C=O) groups excluding carboxylic acids is 1. The fraction of sp³-hybridized carbons (Fsp3) is 0.583. The lowest BCUT2D eigenvalue weighted by Crippen LogP contribution is -2.33. The molecule has 1 saturated carbocycles. The van der Waals surface area contributed by atoms with Crippen molar-refractivity contribution in [3.8, 4) is 0 Å². The molecule has 5 heteroatoms. The molecule has 0 spiro atoms. The minimum atomic E-state index is 0.161. The van der Waals surface area contributed by atoms with E-state index in [1.54, 1.807) is 11.3 Å². The lowest BCUT2D eigenvalue weighted by molar-refractivity contribution is 0.0780. The van der Waals surface area contributed by atoms with Gasteiger partial charge in [0.05, 0.1) is 9.35 Å². The summed E-state index contributed by atoms with van der Waals surface area (Å²) in [5.74, 6) is 1.32. The van der Waals surface area contributed by atoms with Crippen molar-refractivity contribution in [1.82, 2.24) is 4.90 Å². The van der Waals surface area contributed by atoms with E-state index >= 15 is 0 Å². The summed E-state index contributed by atoms with van der Waals surface area (Å²) in [5.41, 5.74) is 6.88. The van der Waals surface area contributed by atoms with Gasteiger partial charge < -0.3 is 10.6 Å². The van der Waals surface area contributed by atoms with E-state index in [2.05, 4.69) is 15.9 Å². The van der Waals surface area contributed by atoms with Gasteiger partial charge in [0.1, 0.15) is 0 Å². The zero-order valence-corrected chi connectivity index (χ0v) is 11.8. The average molecular weight is 315 g/mol. The van der Waals surface area contributed by atoms with E-state index in [4.69, 9.17) is 5.73 Å². The molecule has 3 atom stereocenters. The second-order valence-corrected chi connectivity index (χ2v) is 7.31. The largest absolute Gasteiger partial charge is 0.338 e. The van der Waals surface area contributed by atoms with Crippen LogP contribution in [0.5, 0.6) is 0 Å². The molecular weight excluding hydrogens is 300 g/mol. The number of fused-ring (bicyclic) bond motifs is 1. The maximum absolute atomic E-state index is 12.3. The quantitative estimate of drug-likeness (QED) is 0.864. The Bertz CT molecular complexity index is 447. The Balaban J connectivity index is 1.73. The molecule has 1 aliphatic carbocycles. The first-order chi connectivity index (χ1) is 8.15. The zero-order chi connectivity index (χ0) is 12.0. The van der Waals surface area contributed by atoms with Crippen molar-refractivity contribution in [1.29, 1.82) is 0 Å². The van der Waals surface area contributed by atoms with Crippen LogP contribution in [0.1, 0.15) is 23.2 Å². The number of hydrogen-bond acceptors (Lipinski definition) is 3. The fourth-order valence-electron chi connectivity index (χ4n) is 3.08. The van der Waals surface area contributed by atoms with Crippen LogP contribution in [0, 0.1) is 11.8 Å². The third kappa shape index (κ3) is 2.04. The molecule has 3 nitrogen and oxygen atoms in total. The molecule has 2 heterocycles. The lowest BCUT2D eigenvalue weighted by Gasteiger charge is -2.18. The monoisotopic (exact) mass is 314 g/mol. The van der Waals surface area contributed by atoms with E-state index in [9.17, 15) is 4.79 Å². The molecule has 0 aromatic carbocycles. The highest BCUT2D eigenvalue weighted by Gasteiger charge is 2.42. The minimum Gasteiger partial charge on any atom is -0.338 e. The predicted octanol–water partition coefficient (Wildman–Crippen LogP) is 2.32. The summed E-state index contributed by atoms with van der Waals surface area (Å²) in [7, 11) is 0. The van der Waals surface area contributed by atoms with Gasteiger partial charge in [-0.1, -0.05) is 0 Å². The molecule has 1 amide bonds. The summed E-state index contributed by atoms with van der Waals surface area (Å²) in [5, 5.41) is 1.92. The highest BCUT2D eigenvalue weighted by Crippen LogP contribution is 2.37. The number of likely N-dealkylation sites (tertiary alicyclic amines) is 1. The van der Waals surface area contributed by atoms with Crippen LogP contribution < -0.4 is 5.73 Å². The molecule has 0 radical (unpaired) electrons. The molecular formula is C12H15BrN2OS. The average Bonchev–Trinajstić information content (AvgIpc) is 2.96. The van der Waals surface area contributed by atoms with Crippen molar-refractivity contribution in [3.63, 3.8) is 0 Å². The van der Waals surface area contributed by atoms with Crippen LogP contribution in [0.2, 0.25) is 0 Å². The summed E-state index contributed by atoms with van der Waals surface area (Å²) in [6, 6.07) is 2.20. The van der Waals surface area contributed by atoms with Crippen molar-refractivity contribution >= 4 is 33.2 Å². The van der Waals surface area contributed by atoms with Gasteiger partial charge in [-0.15, -0.1) is 11.3 Å². The first-order valence-corrected chi connectivity index (χ1v) is 7.61. The van der Waals surface area contributed by atoms with Crippen LogP contribution in [0.3, 0.4) is 0 Å². The number of rotatable bonds is 1. The summed E-state index contributed by atoms with van der Waals surface area (Å²) in [6.45, 7) is 1.74. The fourth-order valence-corrected chi connectivity index (χ4v) is 4.21. The first kappa shape index (κ1) is 11.7. The molecule has 3 unspecified atom stereocenters. The molecule has 0 bridgehead atoms. The van der Waals surface area contributed by atoms with Gasteiger partial charge in [-0.25, -0.2) is 0 Å². The number of nitrogens with two attached hydrogens (primary N) is 1. The molecule has 1 aromatic heterocycles. The molecule has 2 N–H and O–H groups in total. The van der Waals surface area contributed by atoms with E-state index in [0.29, 0.717) is 17.9 Å². The molecule has 2 aliphatic rings. The van der Waals surface area contributed by atoms with Crippen molar-refractivity contribution in [3.05, 3.63) is 20.8 Å². The molecule has 1 aromatic rings. The normalized spacial score (nSPS) is 31.9. The van der Waals surface area contributed by atoms with E-state index in [1.807, 2.05) is 16.3 Å². The zero-order valence-electron chi connectivity index (χ0n) is 9.43. The molecule has 92 valence electrons. The van der Waals surface area contributed by atoms with Gasteiger partial charge in [0.25, 0.3) is 5.91 Å². The second-order valence-electron chi connectivity index (χ2n) is 5.01. The maximum Gasteiger partial charge on any atom is 0.254 e. The highest BCUT2D eigenvalue weighted by molar-refractivity contribution is 9.11. The Hall–Kier alpha value is -0.390.